The minimum atomic E-state index is -3.51. The first-order chi connectivity index (χ1) is 14.8. The van der Waals surface area contributed by atoms with E-state index in [2.05, 4.69) is 15.4 Å². The molecule has 9 heteroatoms. The second kappa shape index (κ2) is 11.1. The van der Waals surface area contributed by atoms with Crippen LogP contribution in [0, 0.1) is 11.8 Å². The predicted octanol–water partition coefficient (Wildman–Crippen LogP) is 1.57. The molecule has 1 unspecified atom stereocenters. The van der Waals surface area contributed by atoms with E-state index in [1.807, 2.05) is 0 Å². The zero-order valence-corrected chi connectivity index (χ0v) is 18.8. The highest BCUT2D eigenvalue weighted by molar-refractivity contribution is 7.89. The number of hydrogen-bond acceptors (Lipinski definition) is 5. The predicted molar refractivity (Wildman–Crippen MR) is 117 cm³/mol. The summed E-state index contributed by atoms with van der Waals surface area (Å²) >= 11 is 0. The minimum absolute atomic E-state index is 0.0708. The molecular formula is C22H33N3O5S. The molecule has 1 aliphatic heterocycles. The monoisotopic (exact) mass is 451 g/mol. The maximum absolute atomic E-state index is 12.6. The van der Waals surface area contributed by atoms with E-state index in [0.29, 0.717) is 25.9 Å². The van der Waals surface area contributed by atoms with Gasteiger partial charge in [0.15, 0.2) is 0 Å². The summed E-state index contributed by atoms with van der Waals surface area (Å²) in [6, 6.07) is 7.72. The van der Waals surface area contributed by atoms with Gasteiger partial charge in [0, 0.05) is 25.6 Å². The van der Waals surface area contributed by atoms with Crippen LogP contribution in [0.25, 0.3) is 0 Å². The second-order valence-electron chi connectivity index (χ2n) is 8.49. The van der Waals surface area contributed by atoms with Crippen LogP contribution in [0.3, 0.4) is 0 Å². The number of carbonyl (C=O) groups excluding carboxylic acids is 2. The minimum Gasteiger partial charge on any atom is -0.376 e. The lowest BCUT2D eigenvalue weighted by molar-refractivity contribution is -0.131. The normalized spacial score (nSPS) is 25.0. The summed E-state index contributed by atoms with van der Waals surface area (Å²) in [6.45, 7) is 3.27. The van der Waals surface area contributed by atoms with Gasteiger partial charge in [0.2, 0.25) is 21.8 Å². The third-order valence-corrected chi connectivity index (χ3v) is 7.55. The van der Waals surface area contributed by atoms with Gasteiger partial charge in [0.25, 0.3) is 0 Å². The lowest BCUT2D eigenvalue weighted by Gasteiger charge is -2.28. The summed E-state index contributed by atoms with van der Waals surface area (Å²) in [6.07, 6.45) is 4.96. The first-order valence-electron chi connectivity index (χ1n) is 11.1. The van der Waals surface area contributed by atoms with Crippen molar-refractivity contribution in [3.63, 3.8) is 0 Å². The Balaban J connectivity index is 1.36. The Hall–Kier alpha value is -1.97. The van der Waals surface area contributed by atoms with Gasteiger partial charge in [-0.3, -0.25) is 9.59 Å². The van der Waals surface area contributed by atoms with Crippen LogP contribution < -0.4 is 15.4 Å². The number of benzene rings is 1. The van der Waals surface area contributed by atoms with Crippen molar-refractivity contribution in [2.24, 2.45) is 11.8 Å². The molecule has 2 aliphatic rings. The fourth-order valence-electron chi connectivity index (χ4n) is 4.11. The summed E-state index contributed by atoms with van der Waals surface area (Å²) in [5.74, 6) is -0.249. The number of sulfonamides is 1. The summed E-state index contributed by atoms with van der Waals surface area (Å²) in [5.41, 5.74) is 0. The lowest BCUT2D eigenvalue weighted by Crippen LogP contribution is -2.48. The van der Waals surface area contributed by atoms with Crippen LogP contribution in [0.1, 0.15) is 45.4 Å². The van der Waals surface area contributed by atoms with Crippen LogP contribution in [-0.2, 0) is 24.3 Å². The van der Waals surface area contributed by atoms with E-state index in [9.17, 15) is 18.0 Å². The molecule has 1 heterocycles. The standard InChI is InChI=1S/C22H33N3O5S/c1-16(21(26)23-15-19-6-5-13-30-19)25-22(27)18-11-9-17(10-12-18)14-24-31(28,29)20-7-3-2-4-8-20/h2-4,7-8,16-19,24H,5-6,9-15H2,1H3,(H,23,26)(H,25,27)/t16-,17?,18?,19?/m1/s1. The Kier molecular flexibility index (Phi) is 8.45. The average molecular weight is 452 g/mol. The van der Waals surface area contributed by atoms with Crippen LogP contribution in [0.4, 0.5) is 0 Å². The third kappa shape index (κ3) is 7.02. The van der Waals surface area contributed by atoms with Gasteiger partial charge in [0.05, 0.1) is 11.0 Å². The molecule has 1 aliphatic carbocycles. The maximum atomic E-state index is 12.6. The Bertz CT molecular complexity index is 832. The first kappa shape index (κ1) is 23.7. The van der Waals surface area contributed by atoms with Gasteiger partial charge >= 0.3 is 0 Å². The van der Waals surface area contributed by atoms with Crippen molar-refractivity contribution in [1.82, 2.24) is 15.4 Å². The number of nitrogens with one attached hydrogen (secondary N) is 3. The highest BCUT2D eigenvalue weighted by Crippen LogP contribution is 2.29. The number of rotatable bonds is 9. The average Bonchev–Trinajstić information content (AvgIpc) is 3.30. The van der Waals surface area contributed by atoms with Crippen molar-refractivity contribution in [3.8, 4) is 0 Å². The van der Waals surface area contributed by atoms with E-state index < -0.39 is 16.1 Å². The smallest absolute Gasteiger partial charge is 0.242 e. The molecular weight excluding hydrogens is 418 g/mol. The highest BCUT2D eigenvalue weighted by atomic mass is 32.2. The van der Waals surface area contributed by atoms with Gasteiger partial charge < -0.3 is 15.4 Å². The third-order valence-electron chi connectivity index (χ3n) is 6.11. The van der Waals surface area contributed by atoms with Crippen LogP contribution in [-0.4, -0.2) is 52.1 Å². The van der Waals surface area contributed by atoms with Crippen molar-refractivity contribution in [2.75, 3.05) is 19.7 Å². The van der Waals surface area contributed by atoms with Crippen molar-refractivity contribution >= 4 is 21.8 Å². The highest BCUT2D eigenvalue weighted by Gasteiger charge is 2.29. The van der Waals surface area contributed by atoms with Crippen LogP contribution in [0.15, 0.2) is 35.2 Å². The molecule has 2 fully saturated rings. The fraction of sp³-hybridized carbons (Fsp3) is 0.636. The molecule has 8 nitrogen and oxygen atoms in total. The molecule has 1 saturated carbocycles. The summed E-state index contributed by atoms with van der Waals surface area (Å²) in [4.78, 5) is 25.0. The van der Waals surface area contributed by atoms with Gasteiger partial charge in [-0.05, 0) is 63.5 Å². The topological polar surface area (TPSA) is 114 Å². The molecule has 0 bridgehead atoms. The molecule has 2 amide bonds. The van der Waals surface area contributed by atoms with E-state index in [1.165, 1.54) is 0 Å². The van der Waals surface area contributed by atoms with Gasteiger partial charge in [-0.1, -0.05) is 18.2 Å². The molecule has 3 rings (SSSR count). The zero-order valence-electron chi connectivity index (χ0n) is 18.0. The molecule has 0 spiro atoms. The molecule has 1 aromatic rings. The van der Waals surface area contributed by atoms with E-state index in [4.69, 9.17) is 4.74 Å². The molecule has 31 heavy (non-hydrogen) atoms. The fourth-order valence-corrected chi connectivity index (χ4v) is 5.25. The zero-order chi connectivity index (χ0) is 22.3. The quantitative estimate of drug-likeness (QED) is 0.527. The largest absolute Gasteiger partial charge is 0.376 e. The SMILES string of the molecule is C[C@@H](NC(=O)C1CCC(CNS(=O)(=O)c2ccccc2)CC1)C(=O)NCC1CCCO1. The van der Waals surface area contributed by atoms with Crippen molar-refractivity contribution < 1.29 is 22.7 Å². The molecule has 0 radical (unpaired) electrons. The molecule has 172 valence electrons. The number of carbonyl (C=O) groups is 2. The Morgan fingerprint density at radius 3 is 2.42 bits per heavy atom. The van der Waals surface area contributed by atoms with E-state index in [-0.39, 0.29) is 34.6 Å². The van der Waals surface area contributed by atoms with E-state index in [1.54, 1.807) is 37.3 Å². The van der Waals surface area contributed by atoms with E-state index >= 15 is 0 Å². The van der Waals surface area contributed by atoms with Gasteiger partial charge in [0.1, 0.15) is 6.04 Å². The molecule has 3 N–H and O–H groups in total. The Morgan fingerprint density at radius 2 is 1.77 bits per heavy atom. The number of ether oxygens (including phenoxy) is 1. The van der Waals surface area contributed by atoms with Crippen molar-refractivity contribution in [1.29, 1.82) is 0 Å². The molecule has 2 atom stereocenters. The summed E-state index contributed by atoms with van der Waals surface area (Å²) < 4.78 is 32.9. The Morgan fingerprint density at radius 1 is 1.06 bits per heavy atom. The van der Waals surface area contributed by atoms with Crippen LogP contribution >= 0.6 is 0 Å². The van der Waals surface area contributed by atoms with Gasteiger partial charge in [-0.2, -0.15) is 0 Å². The Labute approximate surface area is 184 Å². The number of hydrogen-bond donors (Lipinski definition) is 3. The second-order valence-corrected chi connectivity index (χ2v) is 10.3. The lowest BCUT2D eigenvalue weighted by atomic mass is 9.81. The molecule has 0 aromatic heterocycles. The first-order valence-corrected chi connectivity index (χ1v) is 12.6. The van der Waals surface area contributed by atoms with Crippen LogP contribution in [0.5, 0.6) is 0 Å². The van der Waals surface area contributed by atoms with Gasteiger partial charge in [-0.25, -0.2) is 13.1 Å². The molecule has 1 aromatic carbocycles. The van der Waals surface area contributed by atoms with Crippen molar-refractivity contribution in [3.05, 3.63) is 30.3 Å². The van der Waals surface area contributed by atoms with Crippen LogP contribution in [0.2, 0.25) is 0 Å². The summed E-state index contributed by atoms with van der Waals surface area (Å²) in [5, 5.41) is 5.65. The van der Waals surface area contributed by atoms with E-state index in [0.717, 1.165) is 32.3 Å². The van der Waals surface area contributed by atoms with Gasteiger partial charge in [-0.15, -0.1) is 0 Å². The van der Waals surface area contributed by atoms with Crippen molar-refractivity contribution in [2.45, 2.75) is 62.5 Å². The maximum Gasteiger partial charge on any atom is 0.242 e. The summed E-state index contributed by atoms with van der Waals surface area (Å²) in [7, 11) is -3.51. The number of amides is 2. The molecule has 1 saturated heterocycles.